The van der Waals surface area contributed by atoms with Gasteiger partial charge in [-0.25, -0.2) is 4.98 Å². The Morgan fingerprint density at radius 1 is 1.26 bits per heavy atom. The summed E-state index contributed by atoms with van der Waals surface area (Å²) in [5.74, 6) is -1.33. The van der Waals surface area contributed by atoms with Gasteiger partial charge in [-0.2, -0.15) is 0 Å². The van der Waals surface area contributed by atoms with Crippen molar-refractivity contribution in [3.05, 3.63) is 35.6 Å². The Balaban J connectivity index is 2.34. The minimum atomic E-state index is -1.25. The second-order valence-electron chi connectivity index (χ2n) is 10.4. The van der Waals surface area contributed by atoms with E-state index < -0.39 is 35.6 Å². The number of hydrogen-bond donors (Lipinski definition) is 3. The standard InChI is InChI=1S/C27H42N2O6/c1-16-10-8-7-9-11-17(2)25(18(3)12-20-15-34-22(14-28)29-20)35-23(31)13-21(30)27(5,6)26(33)19(4)24(16)32/h9,11-12,15-17,19,21,24-25,30,32H,7-8,10,13-14,28H2,1-6H3/b11-9-,18-12+/t16-,17-,19+,21-,24-,25-/m0/s1. The molecule has 4 N–H and O–H groups in total. The second-order valence-corrected chi connectivity index (χ2v) is 10.4. The molecule has 0 spiro atoms. The molecule has 0 saturated carbocycles. The number of aliphatic hydroxyl groups excluding tert-OH is 2. The van der Waals surface area contributed by atoms with Gasteiger partial charge in [0.2, 0.25) is 5.89 Å². The average molecular weight is 491 g/mol. The summed E-state index contributed by atoms with van der Waals surface area (Å²) in [6, 6.07) is 0. The van der Waals surface area contributed by atoms with Crippen molar-refractivity contribution < 1.29 is 29.0 Å². The molecule has 196 valence electrons. The van der Waals surface area contributed by atoms with Gasteiger partial charge in [0.1, 0.15) is 23.8 Å². The van der Waals surface area contributed by atoms with Gasteiger partial charge in [0, 0.05) is 11.8 Å². The molecule has 6 atom stereocenters. The van der Waals surface area contributed by atoms with Crippen LogP contribution in [0.15, 0.2) is 28.4 Å². The van der Waals surface area contributed by atoms with Crippen LogP contribution in [0.3, 0.4) is 0 Å². The topological polar surface area (TPSA) is 136 Å². The van der Waals surface area contributed by atoms with Crippen LogP contribution in [0.25, 0.3) is 6.08 Å². The SMILES string of the molecule is C/C(=C\c1coc(CN)n1)[C@H]1OC(=O)C[C@H](O)C(C)(C)C(=O)[C@H](C)[C@@H](O)[C@@H](C)CCC/C=C\[C@@H]1C. The van der Waals surface area contributed by atoms with Crippen molar-refractivity contribution >= 4 is 17.8 Å². The lowest BCUT2D eigenvalue weighted by Gasteiger charge is -2.34. The van der Waals surface area contributed by atoms with Gasteiger partial charge < -0.3 is 25.1 Å². The van der Waals surface area contributed by atoms with Crippen LogP contribution in [0, 0.1) is 23.2 Å². The number of aromatic nitrogens is 1. The molecule has 0 unspecified atom stereocenters. The summed E-state index contributed by atoms with van der Waals surface area (Å²) in [5.41, 5.74) is 5.70. The summed E-state index contributed by atoms with van der Waals surface area (Å²) < 4.78 is 11.1. The monoisotopic (exact) mass is 490 g/mol. The molecule has 1 aliphatic rings. The van der Waals surface area contributed by atoms with Crippen LogP contribution in [-0.2, 0) is 20.9 Å². The minimum absolute atomic E-state index is 0.0654. The number of cyclic esters (lactones) is 1. The molecule has 0 saturated heterocycles. The third-order valence-electron chi connectivity index (χ3n) is 7.11. The number of hydrogen-bond acceptors (Lipinski definition) is 8. The maximum atomic E-state index is 13.2. The van der Waals surface area contributed by atoms with E-state index in [1.165, 1.54) is 6.26 Å². The van der Waals surface area contributed by atoms with Crippen LogP contribution in [0.5, 0.6) is 0 Å². The van der Waals surface area contributed by atoms with E-state index in [1.807, 2.05) is 26.8 Å². The first-order chi connectivity index (χ1) is 16.4. The van der Waals surface area contributed by atoms with Gasteiger partial charge in [0.25, 0.3) is 0 Å². The van der Waals surface area contributed by atoms with Crippen molar-refractivity contribution in [3.63, 3.8) is 0 Å². The Labute approximate surface area is 208 Å². The number of esters is 1. The summed E-state index contributed by atoms with van der Waals surface area (Å²) in [5, 5.41) is 21.6. The smallest absolute Gasteiger partial charge is 0.309 e. The van der Waals surface area contributed by atoms with E-state index in [0.717, 1.165) is 24.8 Å². The number of nitrogens with two attached hydrogens (primary N) is 1. The number of nitrogens with zero attached hydrogens (tertiary/aromatic N) is 1. The van der Waals surface area contributed by atoms with Crippen LogP contribution >= 0.6 is 0 Å². The fraction of sp³-hybridized carbons (Fsp3) is 0.667. The first kappa shape index (κ1) is 28.9. The van der Waals surface area contributed by atoms with E-state index in [9.17, 15) is 19.8 Å². The first-order valence-electron chi connectivity index (χ1n) is 12.5. The number of carbonyl (C=O) groups is 2. The quantitative estimate of drug-likeness (QED) is 0.430. The fourth-order valence-corrected chi connectivity index (χ4v) is 4.56. The number of rotatable bonds is 3. The molecule has 0 bridgehead atoms. The molecule has 35 heavy (non-hydrogen) atoms. The molecule has 2 heterocycles. The van der Waals surface area contributed by atoms with Gasteiger partial charge in [-0.05, 0) is 43.8 Å². The second kappa shape index (κ2) is 12.6. The number of carbonyl (C=O) groups excluding carboxylic acids is 2. The molecule has 0 fully saturated rings. The van der Waals surface area contributed by atoms with E-state index in [4.69, 9.17) is 14.9 Å². The number of oxazole rings is 1. The van der Waals surface area contributed by atoms with Crippen LogP contribution < -0.4 is 5.73 Å². The first-order valence-corrected chi connectivity index (χ1v) is 12.5. The lowest BCUT2D eigenvalue weighted by Crippen LogP contribution is -2.45. The molecule has 0 radical (unpaired) electrons. The zero-order chi connectivity index (χ0) is 26.3. The Morgan fingerprint density at radius 3 is 2.57 bits per heavy atom. The van der Waals surface area contributed by atoms with E-state index in [2.05, 4.69) is 11.1 Å². The number of aliphatic hydroxyl groups is 2. The highest BCUT2D eigenvalue weighted by molar-refractivity contribution is 5.88. The van der Waals surface area contributed by atoms with Crippen LogP contribution in [0.1, 0.15) is 78.8 Å². The molecule has 8 heteroatoms. The van der Waals surface area contributed by atoms with Crippen LogP contribution in [0.4, 0.5) is 0 Å². The summed E-state index contributed by atoms with van der Waals surface area (Å²) >= 11 is 0. The van der Waals surface area contributed by atoms with Crippen molar-refractivity contribution in [2.24, 2.45) is 28.9 Å². The molecular formula is C27H42N2O6. The Bertz CT molecular complexity index is 919. The number of allylic oxidation sites excluding steroid dienone is 1. The maximum absolute atomic E-state index is 13.2. The van der Waals surface area contributed by atoms with Gasteiger partial charge in [-0.3, -0.25) is 9.59 Å². The van der Waals surface area contributed by atoms with Gasteiger partial charge in [0.05, 0.1) is 30.6 Å². The Morgan fingerprint density at radius 2 is 1.94 bits per heavy atom. The number of ketones is 1. The molecule has 1 aromatic heterocycles. The van der Waals surface area contributed by atoms with E-state index in [0.29, 0.717) is 11.6 Å². The largest absolute Gasteiger partial charge is 0.457 e. The number of Topliss-reactive ketones (excluding diaryl/α,β-unsaturated/α-hetero) is 1. The van der Waals surface area contributed by atoms with Crippen LogP contribution in [0.2, 0.25) is 0 Å². The molecule has 8 nitrogen and oxygen atoms in total. The third kappa shape index (κ3) is 7.59. The molecule has 1 aromatic rings. The van der Waals surface area contributed by atoms with Gasteiger partial charge in [-0.15, -0.1) is 0 Å². The predicted molar refractivity (Wildman–Crippen MR) is 134 cm³/mol. The summed E-state index contributed by atoms with van der Waals surface area (Å²) in [6.45, 7) is 10.8. The maximum Gasteiger partial charge on any atom is 0.309 e. The zero-order valence-electron chi connectivity index (χ0n) is 21.9. The lowest BCUT2D eigenvalue weighted by atomic mass is 9.73. The van der Waals surface area contributed by atoms with E-state index in [1.54, 1.807) is 26.8 Å². The minimum Gasteiger partial charge on any atom is -0.457 e. The summed E-state index contributed by atoms with van der Waals surface area (Å²) in [6.07, 6.45) is 6.80. The van der Waals surface area contributed by atoms with Crippen molar-refractivity contribution in [1.29, 1.82) is 0 Å². The van der Waals surface area contributed by atoms with E-state index in [-0.39, 0.29) is 30.6 Å². The van der Waals surface area contributed by atoms with Gasteiger partial charge in [0.15, 0.2) is 0 Å². The van der Waals surface area contributed by atoms with Crippen molar-refractivity contribution in [1.82, 2.24) is 4.98 Å². The van der Waals surface area contributed by atoms with Crippen molar-refractivity contribution in [3.8, 4) is 0 Å². The summed E-state index contributed by atoms with van der Waals surface area (Å²) in [4.78, 5) is 30.4. The van der Waals surface area contributed by atoms with Crippen molar-refractivity contribution in [2.45, 2.75) is 92.1 Å². The fourth-order valence-electron chi connectivity index (χ4n) is 4.56. The number of ether oxygens (including phenoxy) is 1. The molecule has 2 rings (SSSR count). The molecular weight excluding hydrogens is 448 g/mol. The van der Waals surface area contributed by atoms with Gasteiger partial charge >= 0.3 is 5.97 Å². The van der Waals surface area contributed by atoms with Gasteiger partial charge in [-0.1, -0.05) is 46.8 Å². The Kier molecular flexibility index (Phi) is 10.4. The molecule has 0 amide bonds. The normalized spacial score (nSPS) is 32.8. The molecule has 1 aliphatic heterocycles. The van der Waals surface area contributed by atoms with Crippen LogP contribution in [-0.4, -0.2) is 45.3 Å². The molecule has 0 aromatic carbocycles. The third-order valence-corrected chi connectivity index (χ3v) is 7.11. The summed E-state index contributed by atoms with van der Waals surface area (Å²) in [7, 11) is 0. The highest BCUT2D eigenvalue weighted by Gasteiger charge is 2.42. The highest BCUT2D eigenvalue weighted by Crippen LogP contribution is 2.32. The Hall–Kier alpha value is -2.29. The van der Waals surface area contributed by atoms with Crippen molar-refractivity contribution in [2.75, 3.05) is 0 Å². The molecule has 0 aliphatic carbocycles. The lowest BCUT2D eigenvalue weighted by molar-refractivity contribution is -0.155. The zero-order valence-corrected chi connectivity index (χ0v) is 21.9. The van der Waals surface area contributed by atoms with E-state index >= 15 is 0 Å². The average Bonchev–Trinajstić information content (AvgIpc) is 3.27. The predicted octanol–water partition coefficient (Wildman–Crippen LogP) is 3.80. The highest BCUT2D eigenvalue weighted by atomic mass is 16.5.